The SMILES string of the molecule is CC(C)(C)NC[C@H](O)c1cccc2c1C(F)(F)C(=O)N2. The summed E-state index contributed by atoms with van der Waals surface area (Å²) in [7, 11) is 0. The zero-order valence-electron chi connectivity index (χ0n) is 11.6. The van der Waals surface area contributed by atoms with Crippen LogP contribution in [-0.4, -0.2) is 23.1 Å². The van der Waals surface area contributed by atoms with E-state index in [0.29, 0.717) is 0 Å². The van der Waals surface area contributed by atoms with Gasteiger partial charge in [0.2, 0.25) is 0 Å². The van der Waals surface area contributed by atoms with Gasteiger partial charge in [-0.3, -0.25) is 4.79 Å². The first-order valence-electron chi connectivity index (χ1n) is 6.38. The summed E-state index contributed by atoms with van der Waals surface area (Å²) in [6.45, 7) is 5.86. The van der Waals surface area contributed by atoms with Crippen molar-refractivity contribution >= 4 is 11.6 Å². The number of nitrogens with one attached hydrogen (secondary N) is 2. The molecule has 4 nitrogen and oxygen atoms in total. The van der Waals surface area contributed by atoms with Crippen molar-refractivity contribution in [3.8, 4) is 0 Å². The fraction of sp³-hybridized carbons (Fsp3) is 0.500. The van der Waals surface area contributed by atoms with Crippen LogP contribution in [0.5, 0.6) is 0 Å². The topological polar surface area (TPSA) is 61.4 Å². The van der Waals surface area contributed by atoms with Crippen molar-refractivity contribution in [2.75, 3.05) is 11.9 Å². The number of fused-ring (bicyclic) bond motifs is 1. The lowest BCUT2D eigenvalue weighted by Crippen LogP contribution is -2.39. The standard InChI is InChI=1S/C14H18F2N2O2/c1-13(2,3)17-7-10(19)8-5-4-6-9-11(8)14(15,16)12(20)18-9/h4-6,10,17,19H,7H2,1-3H3,(H,18,20)/t10-/m0/s1. The van der Waals surface area contributed by atoms with Gasteiger partial charge in [-0.15, -0.1) is 0 Å². The number of hydrogen-bond donors (Lipinski definition) is 3. The van der Waals surface area contributed by atoms with Gasteiger partial charge >= 0.3 is 5.92 Å². The van der Waals surface area contributed by atoms with Gasteiger partial charge in [0.05, 0.1) is 17.4 Å². The zero-order valence-corrected chi connectivity index (χ0v) is 11.6. The van der Waals surface area contributed by atoms with E-state index in [9.17, 15) is 18.7 Å². The zero-order chi connectivity index (χ0) is 15.1. The van der Waals surface area contributed by atoms with Crippen molar-refractivity contribution in [1.29, 1.82) is 0 Å². The minimum atomic E-state index is -3.60. The molecule has 1 atom stereocenters. The van der Waals surface area contributed by atoms with Crippen LogP contribution in [0.4, 0.5) is 14.5 Å². The van der Waals surface area contributed by atoms with Gasteiger partial charge in [0.1, 0.15) is 0 Å². The number of hydrogen-bond acceptors (Lipinski definition) is 3. The van der Waals surface area contributed by atoms with Crippen LogP contribution in [0, 0.1) is 0 Å². The second-order valence-electron chi connectivity index (χ2n) is 5.95. The molecule has 6 heteroatoms. The van der Waals surface area contributed by atoms with Gasteiger partial charge < -0.3 is 15.7 Å². The van der Waals surface area contributed by atoms with E-state index < -0.39 is 23.5 Å². The lowest BCUT2D eigenvalue weighted by atomic mass is 9.97. The van der Waals surface area contributed by atoms with Crippen molar-refractivity contribution in [2.24, 2.45) is 0 Å². The molecule has 0 saturated carbocycles. The fourth-order valence-electron chi connectivity index (χ4n) is 2.13. The van der Waals surface area contributed by atoms with Crippen LogP contribution >= 0.6 is 0 Å². The van der Waals surface area contributed by atoms with E-state index in [1.165, 1.54) is 18.2 Å². The average molecular weight is 284 g/mol. The van der Waals surface area contributed by atoms with Crippen molar-refractivity contribution in [1.82, 2.24) is 5.32 Å². The molecule has 0 fully saturated rings. The van der Waals surface area contributed by atoms with E-state index in [0.717, 1.165) is 0 Å². The van der Waals surface area contributed by atoms with Crippen molar-refractivity contribution in [3.05, 3.63) is 29.3 Å². The molecular formula is C14H18F2N2O2. The number of carbonyl (C=O) groups excluding carboxylic acids is 1. The molecular weight excluding hydrogens is 266 g/mol. The number of rotatable bonds is 3. The molecule has 0 radical (unpaired) electrons. The van der Waals surface area contributed by atoms with E-state index in [1.54, 1.807) is 0 Å². The molecule has 3 N–H and O–H groups in total. The predicted octanol–water partition coefficient (Wildman–Crippen LogP) is 2.15. The van der Waals surface area contributed by atoms with E-state index in [-0.39, 0.29) is 23.3 Å². The molecule has 0 aliphatic carbocycles. The molecule has 0 aromatic heterocycles. The van der Waals surface area contributed by atoms with Crippen LogP contribution < -0.4 is 10.6 Å². The summed E-state index contributed by atoms with van der Waals surface area (Å²) in [5.74, 6) is -4.95. The largest absolute Gasteiger partial charge is 0.387 e. The maximum absolute atomic E-state index is 13.9. The Balaban J connectivity index is 2.31. The molecule has 20 heavy (non-hydrogen) atoms. The van der Waals surface area contributed by atoms with Crippen LogP contribution in [0.1, 0.15) is 38.0 Å². The number of amides is 1. The van der Waals surface area contributed by atoms with Gasteiger partial charge in [0.25, 0.3) is 5.91 Å². The molecule has 0 spiro atoms. The van der Waals surface area contributed by atoms with Gasteiger partial charge in [-0.25, -0.2) is 0 Å². The molecule has 0 bridgehead atoms. The summed E-state index contributed by atoms with van der Waals surface area (Å²) in [5.41, 5.74) is -0.529. The minimum absolute atomic E-state index is 0.0623. The third-order valence-corrected chi connectivity index (χ3v) is 3.13. The molecule has 1 aliphatic heterocycles. The summed E-state index contributed by atoms with van der Waals surface area (Å²) in [6.07, 6.45) is -1.11. The average Bonchev–Trinajstić information content (AvgIpc) is 2.56. The normalized spacial score (nSPS) is 18.6. The Morgan fingerprint density at radius 2 is 2.05 bits per heavy atom. The predicted molar refractivity (Wildman–Crippen MR) is 71.7 cm³/mol. The summed E-state index contributed by atoms with van der Waals surface area (Å²) in [5, 5.41) is 15.3. The van der Waals surface area contributed by atoms with Crippen LogP contribution in [0.3, 0.4) is 0 Å². The highest BCUT2D eigenvalue weighted by atomic mass is 19.3. The van der Waals surface area contributed by atoms with E-state index in [1.807, 2.05) is 20.8 Å². The molecule has 1 aliphatic rings. The van der Waals surface area contributed by atoms with Gasteiger partial charge in [0, 0.05) is 12.1 Å². The molecule has 1 heterocycles. The first kappa shape index (κ1) is 14.9. The molecule has 1 aromatic rings. The first-order valence-corrected chi connectivity index (χ1v) is 6.38. The van der Waals surface area contributed by atoms with Gasteiger partial charge in [0.15, 0.2) is 0 Å². The Bertz CT molecular complexity index is 538. The number of alkyl halides is 2. The Labute approximate surface area is 116 Å². The summed E-state index contributed by atoms with van der Waals surface area (Å²) >= 11 is 0. The van der Waals surface area contributed by atoms with Crippen molar-refractivity contribution in [3.63, 3.8) is 0 Å². The Morgan fingerprint density at radius 3 is 2.65 bits per heavy atom. The van der Waals surface area contributed by atoms with Crippen LogP contribution in [0.2, 0.25) is 0 Å². The number of aliphatic hydroxyl groups is 1. The van der Waals surface area contributed by atoms with E-state index in [4.69, 9.17) is 0 Å². The highest BCUT2D eigenvalue weighted by Crippen LogP contribution is 2.44. The van der Waals surface area contributed by atoms with Gasteiger partial charge in [-0.1, -0.05) is 12.1 Å². The van der Waals surface area contributed by atoms with Crippen LogP contribution in [-0.2, 0) is 10.7 Å². The maximum atomic E-state index is 13.9. The minimum Gasteiger partial charge on any atom is -0.387 e. The number of carbonyl (C=O) groups is 1. The highest BCUT2D eigenvalue weighted by Gasteiger charge is 2.50. The van der Waals surface area contributed by atoms with Gasteiger partial charge in [-0.2, -0.15) is 8.78 Å². The second-order valence-corrected chi connectivity index (χ2v) is 5.95. The van der Waals surface area contributed by atoms with Gasteiger partial charge in [-0.05, 0) is 32.4 Å². The smallest absolute Gasteiger partial charge is 0.352 e. The molecule has 2 rings (SSSR count). The summed E-state index contributed by atoms with van der Waals surface area (Å²) < 4.78 is 27.8. The quantitative estimate of drug-likeness (QED) is 0.797. The summed E-state index contributed by atoms with van der Waals surface area (Å²) in [6, 6.07) is 4.36. The van der Waals surface area contributed by atoms with E-state index >= 15 is 0 Å². The fourth-order valence-corrected chi connectivity index (χ4v) is 2.13. The van der Waals surface area contributed by atoms with Crippen LogP contribution in [0.15, 0.2) is 18.2 Å². The Morgan fingerprint density at radius 1 is 1.40 bits per heavy atom. The number of halogens is 2. The number of anilines is 1. The monoisotopic (exact) mass is 284 g/mol. The van der Waals surface area contributed by atoms with E-state index in [2.05, 4.69) is 10.6 Å². The number of benzene rings is 1. The Kier molecular flexibility index (Phi) is 3.56. The second kappa shape index (κ2) is 4.79. The molecule has 0 saturated heterocycles. The lowest BCUT2D eigenvalue weighted by molar-refractivity contribution is -0.139. The molecule has 0 unspecified atom stereocenters. The number of aliphatic hydroxyl groups excluding tert-OH is 1. The highest BCUT2D eigenvalue weighted by molar-refractivity contribution is 6.04. The third-order valence-electron chi connectivity index (χ3n) is 3.13. The molecule has 1 amide bonds. The van der Waals surface area contributed by atoms with Crippen molar-refractivity contribution < 1.29 is 18.7 Å². The Hall–Kier alpha value is -1.53. The molecule has 110 valence electrons. The van der Waals surface area contributed by atoms with Crippen molar-refractivity contribution in [2.45, 2.75) is 38.3 Å². The lowest BCUT2D eigenvalue weighted by Gasteiger charge is -2.24. The third kappa shape index (κ3) is 2.66. The first-order chi connectivity index (χ1) is 9.13. The van der Waals surface area contributed by atoms with Crippen LogP contribution in [0.25, 0.3) is 0 Å². The number of β-amino-alcohol motifs (C(OH)–C–C–N with tert-alkyl or cyclic N) is 1. The maximum Gasteiger partial charge on any atom is 0.352 e. The summed E-state index contributed by atoms with van der Waals surface area (Å²) in [4.78, 5) is 11.3. The molecule has 1 aromatic carbocycles.